The SMILES string of the molecule is CCC#CCN1CCN(C(=O)CCCCCOCC)CC1. The van der Waals surface area contributed by atoms with Crippen molar-refractivity contribution in [1.82, 2.24) is 9.80 Å². The van der Waals surface area contributed by atoms with Crippen LogP contribution in [0.1, 0.15) is 46.0 Å². The molecule has 1 rings (SSSR count). The first-order chi connectivity index (χ1) is 10.3. The van der Waals surface area contributed by atoms with Crippen molar-refractivity contribution in [2.75, 3.05) is 45.9 Å². The molecular weight excluding hydrogens is 264 g/mol. The van der Waals surface area contributed by atoms with E-state index in [0.717, 1.165) is 71.6 Å². The van der Waals surface area contributed by atoms with Crippen LogP contribution in [0.25, 0.3) is 0 Å². The van der Waals surface area contributed by atoms with Gasteiger partial charge >= 0.3 is 0 Å². The standard InChI is InChI=1S/C17H30N2O2/c1-3-5-8-11-18-12-14-19(15-13-18)17(20)10-7-6-9-16-21-4-2/h3-4,6-7,9-16H2,1-2H3. The molecule has 4 nitrogen and oxygen atoms in total. The minimum absolute atomic E-state index is 0.311. The molecule has 120 valence electrons. The molecule has 1 fully saturated rings. The van der Waals surface area contributed by atoms with Gasteiger partial charge in [0.1, 0.15) is 0 Å². The van der Waals surface area contributed by atoms with Gasteiger partial charge in [-0.1, -0.05) is 19.3 Å². The van der Waals surface area contributed by atoms with Crippen molar-refractivity contribution in [3.63, 3.8) is 0 Å². The lowest BCUT2D eigenvalue weighted by atomic mass is 10.1. The summed E-state index contributed by atoms with van der Waals surface area (Å²) < 4.78 is 5.30. The summed E-state index contributed by atoms with van der Waals surface area (Å²) in [5.74, 6) is 6.57. The van der Waals surface area contributed by atoms with Crippen LogP contribution in [0.15, 0.2) is 0 Å². The summed E-state index contributed by atoms with van der Waals surface area (Å²) >= 11 is 0. The summed E-state index contributed by atoms with van der Waals surface area (Å²) in [6.07, 6.45) is 4.72. The van der Waals surface area contributed by atoms with Crippen LogP contribution in [0.5, 0.6) is 0 Å². The number of hydrogen-bond acceptors (Lipinski definition) is 3. The first-order valence-electron chi connectivity index (χ1n) is 8.31. The van der Waals surface area contributed by atoms with E-state index in [0.29, 0.717) is 12.3 Å². The zero-order valence-electron chi connectivity index (χ0n) is 13.7. The van der Waals surface area contributed by atoms with Gasteiger partial charge in [-0.2, -0.15) is 0 Å². The van der Waals surface area contributed by atoms with Gasteiger partial charge in [-0.3, -0.25) is 9.69 Å². The van der Waals surface area contributed by atoms with Gasteiger partial charge in [0, 0.05) is 52.2 Å². The van der Waals surface area contributed by atoms with Gasteiger partial charge in [-0.05, 0) is 19.8 Å². The van der Waals surface area contributed by atoms with Gasteiger partial charge in [0.25, 0.3) is 0 Å². The van der Waals surface area contributed by atoms with Gasteiger partial charge in [-0.25, -0.2) is 0 Å². The lowest BCUT2D eigenvalue weighted by Gasteiger charge is -2.33. The Kier molecular flexibility index (Phi) is 9.94. The number of unbranched alkanes of at least 4 members (excludes halogenated alkanes) is 2. The molecule has 0 unspecified atom stereocenters. The molecule has 0 spiro atoms. The number of carbonyl (C=O) groups is 1. The molecule has 0 saturated carbocycles. The predicted octanol–water partition coefficient (Wildman–Crippen LogP) is 2.14. The average Bonchev–Trinajstić information content (AvgIpc) is 2.51. The van der Waals surface area contributed by atoms with E-state index in [-0.39, 0.29) is 0 Å². The fourth-order valence-corrected chi connectivity index (χ4v) is 2.41. The van der Waals surface area contributed by atoms with E-state index in [1.54, 1.807) is 0 Å². The average molecular weight is 294 g/mol. The number of carbonyl (C=O) groups excluding carboxylic acids is 1. The van der Waals surface area contributed by atoms with Gasteiger partial charge < -0.3 is 9.64 Å². The fourth-order valence-electron chi connectivity index (χ4n) is 2.41. The lowest BCUT2D eigenvalue weighted by molar-refractivity contribution is -0.133. The minimum Gasteiger partial charge on any atom is -0.382 e. The molecule has 0 N–H and O–H groups in total. The predicted molar refractivity (Wildman–Crippen MR) is 86.0 cm³/mol. The summed E-state index contributed by atoms with van der Waals surface area (Å²) in [6, 6.07) is 0. The summed E-state index contributed by atoms with van der Waals surface area (Å²) in [6.45, 7) is 10.1. The molecule has 1 saturated heterocycles. The number of rotatable bonds is 8. The van der Waals surface area contributed by atoms with E-state index in [2.05, 4.69) is 23.7 Å². The highest BCUT2D eigenvalue weighted by Crippen LogP contribution is 2.07. The monoisotopic (exact) mass is 294 g/mol. The van der Waals surface area contributed by atoms with E-state index in [4.69, 9.17) is 4.74 Å². The van der Waals surface area contributed by atoms with E-state index in [9.17, 15) is 4.79 Å². The number of amides is 1. The molecule has 21 heavy (non-hydrogen) atoms. The summed E-state index contributed by atoms with van der Waals surface area (Å²) in [5.41, 5.74) is 0. The topological polar surface area (TPSA) is 32.8 Å². The van der Waals surface area contributed by atoms with E-state index >= 15 is 0 Å². The van der Waals surface area contributed by atoms with Crippen molar-refractivity contribution in [2.45, 2.75) is 46.0 Å². The van der Waals surface area contributed by atoms with Crippen molar-refractivity contribution < 1.29 is 9.53 Å². The first kappa shape index (κ1) is 18.0. The van der Waals surface area contributed by atoms with Crippen molar-refractivity contribution in [3.05, 3.63) is 0 Å². The number of ether oxygens (including phenoxy) is 1. The highest BCUT2D eigenvalue weighted by atomic mass is 16.5. The first-order valence-corrected chi connectivity index (χ1v) is 8.31. The van der Waals surface area contributed by atoms with Crippen LogP contribution in [-0.4, -0.2) is 61.6 Å². The van der Waals surface area contributed by atoms with Crippen molar-refractivity contribution >= 4 is 5.91 Å². The Morgan fingerprint density at radius 3 is 2.48 bits per heavy atom. The molecule has 1 heterocycles. The molecule has 0 aliphatic carbocycles. The molecule has 4 heteroatoms. The van der Waals surface area contributed by atoms with Crippen molar-refractivity contribution in [1.29, 1.82) is 0 Å². The maximum Gasteiger partial charge on any atom is 0.222 e. The summed E-state index contributed by atoms with van der Waals surface area (Å²) in [4.78, 5) is 16.4. The van der Waals surface area contributed by atoms with Crippen molar-refractivity contribution in [2.24, 2.45) is 0 Å². The van der Waals surface area contributed by atoms with Gasteiger partial charge in [0.15, 0.2) is 0 Å². The van der Waals surface area contributed by atoms with Crippen LogP contribution < -0.4 is 0 Å². The largest absolute Gasteiger partial charge is 0.382 e. The van der Waals surface area contributed by atoms with E-state index < -0.39 is 0 Å². The molecule has 1 aliphatic rings. The van der Waals surface area contributed by atoms with Crippen molar-refractivity contribution in [3.8, 4) is 11.8 Å². The number of piperazine rings is 1. The minimum atomic E-state index is 0.311. The maximum absolute atomic E-state index is 12.1. The second-order valence-corrected chi connectivity index (χ2v) is 5.37. The van der Waals surface area contributed by atoms with Gasteiger partial charge in [0.05, 0.1) is 6.54 Å². The third-order valence-electron chi connectivity index (χ3n) is 3.71. The Balaban J connectivity index is 2.08. The second-order valence-electron chi connectivity index (χ2n) is 5.37. The van der Waals surface area contributed by atoms with E-state index in [1.807, 2.05) is 11.8 Å². The molecule has 0 aromatic rings. The highest BCUT2D eigenvalue weighted by molar-refractivity contribution is 5.76. The molecular formula is C17H30N2O2. The Hall–Kier alpha value is -1.05. The molecule has 1 aliphatic heterocycles. The quantitative estimate of drug-likeness (QED) is 0.508. The van der Waals surface area contributed by atoms with Crippen LogP contribution in [0.4, 0.5) is 0 Å². The van der Waals surface area contributed by atoms with Crippen LogP contribution in [-0.2, 0) is 9.53 Å². The van der Waals surface area contributed by atoms with Crippen LogP contribution in [0.3, 0.4) is 0 Å². The Morgan fingerprint density at radius 1 is 1.05 bits per heavy atom. The lowest BCUT2D eigenvalue weighted by Crippen LogP contribution is -2.48. The van der Waals surface area contributed by atoms with E-state index in [1.165, 1.54) is 0 Å². The fraction of sp³-hybridized carbons (Fsp3) is 0.824. The third kappa shape index (κ3) is 8.08. The molecule has 0 aromatic heterocycles. The Bertz CT molecular complexity index is 338. The molecule has 1 amide bonds. The van der Waals surface area contributed by atoms with Crippen LogP contribution in [0.2, 0.25) is 0 Å². The Morgan fingerprint density at radius 2 is 1.81 bits per heavy atom. The third-order valence-corrected chi connectivity index (χ3v) is 3.71. The zero-order valence-corrected chi connectivity index (χ0v) is 13.7. The summed E-state index contributed by atoms with van der Waals surface area (Å²) in [5, 5.41) is 0. The van der Waals surface area contributed by atoms with Crippen LogP contribution in [0, 0.1) is 11.8 Å². The molecule has 0 aromatic carbocycles. The normalized spacial score (nSPS) is 15.6. The second kappa shape index (κ2) is 11.6. The number of hydrogen-bond donors (Lipinski definition) is 0. The highest BCUT2D eigenvalue weighted by Gasteiger charge is 2.19. The summed E-state index contributed by atoms with van der Waals surface area (Å²) in [7, 11) is 0. The zero-order chi connectivity index (χ0) is 15.3. The molecule has 0 radical (unpaired) electrons. The van der Waals surface area contributed by atoms with Gasteiger partial charge in [-0.15, -0.1) is 5.92 Å². The molecule has 0 atom stereocenters. The maximum atomic E-state index is 12.1. The molecule has 0 bridgehead atoms. The Labute approximate surface area is 129 Å². The smallest absolute Gasteiger partial charge is 0.222 e. The van der Waals surface area contributed by atoms with Crippen LogP contribution >= 0.6 is 0 Å². The van der Waals surface area contributed by atoms with Gasteiger partial charge in [0.2, 0.25) is 5.91 Å². The number of nitrogens with zero attached hydrogens (tertiary/aromatic N) is 2.